The van der Waals surface area contributed by atoms with Gasteiger partial charge in [-0.3, -0.25) is 0 Å². The number of hydrogen-bond donors (Lipinski definition) is 2. The van der Waals surface area contributed by atoms with Crippen LogP contribution < -0.4 is 0 Å². The zero-order valence-corrected chi connectivity index (χ0v) is 14.3. The molecule has 0 aliphatic carbocycles. The highest BCUT2D eigenvalue weighted by atomic mass is 16.3. The largest absolute Gasteiger partial charge is 0.395 e. The monoisotopic (exact) mass is 338 g/mol. The highest BCUT2D eigenvalue weighted by Crippen LogP contribution is 2.37. The third-order valence-electron chi connectivity index (χ3n) is 4.58. The van der Waals surface area contributed by atoms with Gasteiger partial charge in [-0.25, -0.2) is 0 Å². The van der Waals surface area contributed by atoms with Gasteiger partial charge in [-0.05, 0) is 44.5 Å². The van der Waals surface area contributed by atoms with Gasteiger partial charge in [-0.15, -0.1) is 0 Å². The molecule has 0 amide bonds. The van der Waals surface area contributed by atoms with Crippen LogP contribution in [0.1, 0.15) is 24.0 Å². The summed E-state index contributed by atoms with van der Waals surface area (Å²) in [6.45, 7) is 0.156. The van der Waals surface area contributed by atoms with Gasteiger partial charge in [-0.2, -0.15) is 0 Å². The molecule has 4 aromatic rings. The van der Waals surface area contributed by atoms with Gasteiger partial charge >= 0.3 is 0 Å². The van der Waals surface area contributed by atoms with Crippen molar-refractivity contribution in [1.29, 1.82) is 0 Å². The molecule has 0 saturated heterocycles. The van der Waals surface area contributed by atoms with Crippen LogP contribution in [0, 0.1) is 23.7 Å². The summed E-state index contributed by atoms with van der Waals surface area (Å²) in [6, 6.07) is 16.8. The van der Waals surface area contributed by atoms with Gasteiger partial charge in [0.1, 0.15) is 0 Å². The first-order chi connectivity index (χ1) is 12.8. The van der Waals surface area contributed by atoms with Gasteiger partial charge in [0.25, 0.3) is 0 Å². The van der Waals surface area contributed by atoms with Crippen molar-refractivity contribution in [3.8, 4) is 23.7 Å². The summed E-state index contributed by atoms with van der Waals surface area (Å²) in [5, 5.41) is 25.0. The Balaban J connectivity index is 2.03. The molecule has 2 nitrogen and oxygen atoms in total. The summed E-state index contributed by atoms with van der Waals surface area (Å²) in [5.41, 5.74) is 1.97. The average Bonchev–Trinajstić information content (AvgIpc) is 2.68. The lowest BCUT2D eigenvalue weighted by molar-refractivity contribution is 0.304. The minimum atomic E-state index is 0.0781. The maximum Gasteiger partial charge on any atom is 0.0540 e. The molecule has 0 aliphatic rings. The van der Waals surface area contributed by atoms with Crippen molar-refractivity contribution < 1.29 is 10.2 Å². The fourth-order valence-electron chi connectivity index (χ4n) is 3.45. The lowest BCUT2D eigenvalue weighted by atomic mass is 9.90. The first-order valence-corrected chi connectivity index (χ1v) is 8.73. The zero-order chi connectivity index (χ0) is 17.9. The van der Waals surface area contributed by atoms with Crippen LogP contribution in [-0.4, -0.2) is 23.4 Å². The van der Waals surface area contributed by atoms with Gasteiger partial charge in [0.05, 0.1) is 13.2 Å². The van der Waals surface area contributed by atoms with Gasteiger partial charge in [-0.1, -0.05) is 60.1 Å². The molecule has 4 aromatic carbocycles. The van der Waals surface area contributed by atoms with Crippen LogP contribution in [0.5, 0.6) is 0 Å². The van der Waals surface area contributed by atoms with Crippen LogP contribution in [0.3, 0.4) is 0 Å². The van der Waals surface area contributed by atoms with Gasteiger partial charge < -0.3 is 10.2 Å². The molecule has 2 heteroatoms. The lowest BCUT2D eigenvalue weighted by Crippen LogP contribution is -1.89. The molecule has 0 aromatic heterocycles. The van der Waals surface area contributed by atoms with E-state index in [0.29, 0.717) is 12.8 Å². The SMILES string of the molecule is OCCC#Cc1ccc2ccc3c(C#CCCO)ccc4ccc1c2c43. The van der Waals surface area contributed by atoms with E-state index in [1.54, 1.807) is 0 Å². The maximum atomic E-state index is 8.97. The van der Waals surface area contributed by atoms with E-state index in [1.165, 1.54) is 21.5 Å². The Morgan fingerprint density at radius 1 is 0.577 bits per heavy atom. The smallest absolute Gasteiger partial charge is 0.0540 e. The number of hydrogen-bond acceptors (Lipinski definition) is 2. The number of rotatable bonds is 2. The molecular formula is C24H18O2. The highest BCUT2D eigenvalue weighted by molar-refractivity contribution is 6.24. The fourth-order valence-corrected chi connectivity index (χ4v) is 3.45. The Morgan fingerprint density at radius 3 is 1.42 bits per heavy atom. The zero-order valence-electron chi connectivity index (χ0n) is 14.3. The Morgan fingerprint density at radius 2 is 1.00 bits per heavy atom. The summed E-state index contributed by atoms with van der Waals surface area (Å²) in [6.07, 6.45) is 0.957. The quantitative estimate of drug-likeness (QED) is 0.428. The third kappa shape index (κ3) is 2.76. The van der Waals surface area contributed by atoms with E-state index in [0.717, 1.165) is 21.9 Å². The Hall–Kier alpha value is -3.04. The molecule has 0 saturated carbocycles. The van der Waals surface area contributed by atoms with Crippen LogP contribution in [0.2, 0.25) is 0 Å². The molecule has 126 valence electrons. The molecule has 0 radical (unpaired) electrons. The number of aliphatic hydroxyl groups is 2. The molecule has 0 fully saturated rings. The summed E-state index contributed by atoms with van der Waals surface area (Å²) in [7, 11) is 0. The molecule has 4 rings (SSSR count). The second kappa shape index (κ2) is 7.06. The molecule has 0 aliphatic heterocycles. The molecule has 0 unspecified atom stereocenters. The first-order valence-electron chi connectivity index (χ1n) is 8.73. The Kier molecular flexibility index (Phi) is 4.46. The third-order valence-corrected chi connectivity index (χ3v) is 4.58. The molecule has 0 heterocycles. The molecule has 2 N–H and O–H groups in total. The van der Waals surface area contributed by atoms with E-state index in [-0.39, 0.29) is 13.2 Å². The molecular weight excluding hydrogens is 320 g/mol. The molecule has 26 heavy (non-hydrogen) atoms. The number of benzene rings is 4. The van der Waals surface area contributed by atoms with Crippen LogP contribution in [-0.2, 0) is 0 Å². The summed E-state index contributed by atoms with van der Waals surface area (Å²) in [5.74, 6) is 12.4. The molecule has 0 bridgehead atoms. The van der Waals surface area contributed by atoms with Crippen molar-refractivity contribution in [2.24, 2.45) is 0 Å². The normalized spacial score (nSPS) is 10.7. The average molecular weight is 338 g/mol. The Bertz CT molecular complexity index is 1120. The second-order valence-corrected chi connectivity index (χ2v) is 6.20. The number of aliphatic hydroxyl groups excluding tert-OH is 2. The van der Waals surface area contributed by atoms with Crippen LogP contribution in [0.4, 0.5) is 0 Å². The van der Waals surface area contributed by atoms with Crippen LogP contribution >= 0.6 is 0 Å². The van der Waals surface area contributed by atoms with E-state index < -0.39 is 0 Å². The second-order valence-electron chi connectivity index (χ2n) is 6.20. The van der Waals surface area contributed by atoms with Gasteiger partial charge in [0.15, 0.2) is 0 Å². The van der Waals surface area contributed by atoms with Crippen molar-refractivity contribution >= 4 is 32.3 Å². The van der Waals surface area contributed by atoms with E-state index in [2.05, 4.69) is 60.1 Å². The standard InChI is InChI=1S/C24H18O2/c25-15-3-1-5-17-7-9-19-12-14-22-18(6-2-4-16-26)8-10-20-11-13-21(17)23(19)24(20)22/h7-14,25-26H,3-4,15-16H2. The fraction of sp³-hybridized carbons (Fsp3) is 0.167. The predicted molar refractivity (Wildman–Crippen MR) is 107 cm³/mol. The summed E-state index contributed by atoms with van der Waals surface area (Å²) < 4.78 is 0. The van der Waals surface area contributed by atoms with Gasteiger partial charge in [0.2, 0.25) is 0 Å². The summed E-state index contributed by atoms with van der Waals surface area (Å²) in [4.78, 5) is 0. The van der Waals surface area contributed by atoms with Gasteiger partial charge in [0, 0.05) is 24.0 Å². The van der Waals surface area contributed by atoms with Crippen molar-refractivity contribution in [2.45, 2.75) is 12.8 Å². The highest BCUT2D eigenvalue weighted by Gasteiger charge is 2.11. The van der Waals surface area contributed by atoms with Crippen molar-refractivity contribution in [1.82, 2.24) is 0 Å². The van der Waals surface area contributed by atoms with Crippen molar-refractivity contribution in [2.75, 3.05) is 13.2 Å². The molecule has 0 atom stereocenters. The Labute approximate surface area is 152 Å². The minimum absolute atomic E-state index is 0.0781. The van der Waals surface area contributed by atoms with E-state index >= 15 is 0 Å². The first kappa shape index (κ1) is 16.4. The van der Waals surface area contributed by atoms with Crippen molar-refractivity contribution in [3.05, 3.63) is 59.7 Å². The van der Waals surface area contributed by atoms with Crippen molar-refractivity contribution in [3.63, 3.8) is 0 Å². The van der Waals surface area contributed by atoms with E-state index in [4.69, 9.17) is 10.2 Å². The van der Waals surface area contributed by atoms with E-state index in [9.17, 15) is 0 Å². The predicted octanol–water partition coefficient (Wildman–Crippen LogP) is 4.05. The minimum Gasteiger partial charge on any atom is -0.395 e. The van der Waals surface area contributed by atoms with Crippen LogP contribution in [0.15, 0.2) is 48.5 Å². The molecule has 0 spiro atoms. The summed E-state index contributed by atoms with van der Waals surface area (Å²) >= 11 is 0. The lowest BCUT2D eigenvalue weighted by Gasteiger charge is -2.13. The maximum absolute atomic E-state index is 8.97. The topological polar surface area (TPSA) is 40.5 Å². The van der Waals surface area contributed by atoms with E-state index in [1.807, 2.05) is 12.1 Å². The van der Waals surface area contributed by atoms with Crippen LogP contribution in [0.25, 0.3) is 32.3 Å².